The SMILES string of the molecule is COc1ccc(-c2cnn3cc(-c4cnn(C)c4)cc(OC)c23)cc1S(=O)(=O)NCc1ccccc1. The average molecular weight is 504 g/mol. The zero-order valence-corrected chi connectivity index (χ0v) is 20.9. The van der Waals surface area contributed by atoms with Crippen molar-refractivity contribution in [3.63, 3.8) is 0 Å². The van der Waals surface area contributed by atoms with Crippen molar-refractivity contribution in [2.75, 3.05) is 14.2 Å². The fourth-order valence-electron chi connectivity index (χ4n) is 4.09. The van der Waals surface area contributed by atoms with Gasteiger partial charge in [-0.25, -0.2) is 17.7 Å². The number of hydrogen-bond acceptors (Lipinski definition) is 6. The van der Waals surface area contributed by atoms with Crippen molar-refractivity contribution in [3.8, 4) is 33.8 Å². The van der Waals surface area contributed by atoms with Crippen molar-refractivity contribution in [1.29, 1.82) is 0 Å². The van der Waals surface area contributed by atoms with Gasteiger partial charge >= 0.3 is 0 Å². The molecule has 184 valence electrons. The molecule has 5 rings (SSSR count). The summed E-state index contributed by atoms with van der Waals surface area (Å²) in [6.45, 7) is 0.165. The van der Waals surface area contributed by atoms with Crippen molar-refractivity contribution in [2.24, 2.45) is 7.05 Å². The Morgan fingerprint density at radius 1 is 0.861 bits per heavy atom. The lowest BCUT2D eigenvalue weighted by molar-refractivity contribution is 0.402. The zero-order chi connectivity index (χ0) is 25.3. The highest BCUT2D eigenvalue weighted by atomic mass is 32.2. The second-order valence-electron chi connectivity index (χ2n) is 8.23. The minimum atomic E-state index is -3.87. The number of rotatable bonds is 8. The molecule has 0 aliphatic rings. The molecule has 36 heavy (non-hydrogen) atoms. The van der Waals surface area contributed by atoms with Gasteiger partial charge in [-0.05, 0) is 29.3 Å². The number of nitrogens with one attached hydrogen (secondary N) is 1. The molecule has 0 fully saturated rings. The molecule has 0 saturated heterocycles. The number of aromatic nitrogens is 4. The number of sulfonamides is 1. The quantitative estimate of drug-likeness (QED) is 0.345. The van der Waals surface area contributed by atoms with Gasteiger partial charge in [0.1, 0.15) is 21.9 Å². The number of hydrogen-bond donors (Lipinski definition) is 1. The summed E-state index contributed by atoms with van der Waals surface area (Å²) < 4.78 is 43.7. The maximum Gasteiger partial charge on any atom is 0.244 e. The molecule has 0 aliphatic heterocycles. The van der Waals surface area contributed by atoms with Crippen LogP contribution in [0.15, 0.2) is 84.3 Å². The normalized spacial score (nSPS) is 11.6. The first-order valence-electron chi connectivity index (χ1n) is 11.2. The van der Waals surface area contributed by atoms with Crippen molar-refractivity contribution in [2.45, 2.75) is 11.4 Å². The minimum Gasteiger partial charge on any atom is -0.495 e. The molecule has 3 heterocycles. The number of fused-ring (bicyclic) bond motifs is 1. The second kappa shape index (κ2) is 9.48. The Morgan fingerprint density at radius 3 is 2.33 bits per heavy atom. The summed E-state index contributed by atoms with van der Waals surface area (Å²) >= 11 is 0. The Bertz CT molecular complexity index is 1640. The summed E-state index contributed by atoms with van der Waals surface area (Å²) in [6, 6.07) is 16.3. The van der Waals surface area contributed by atoms with Gasteiger partial charge in [-0.1, -0.05) is 36.4 Å². The number of methoxy groups -OCH3 is 2. The molecule has 0 spiro atoms. The van der Waals surface area contributed by atoms with E-state index in [2.05, 4.69) is 14.9 Å². The third kappa shape index (κ3) is 4.43. The lowest BCUT2D eigenvalue weighted by Gasteiger charge is -2.13. The fourth-order valence-corrected chi connectivity index (χ4v) is 5.30. The lowest BCUT2D eigenvalue weighted by Crippen LogP contribution is -2.23. The van der Waals surface area contributed by atoms with Crippen LogP contribution in [0.1, 0.15) is 5.56 Å². The Kier molecular flexibility index (Phi) is 6.21. The van der Waals surface area contributed by atoms with Gasteiger partial charge in [-0.15, -0.1) is 0 Å². The van der Waals surface area contributed by atoms with Crippen molar-refractivity contribution < 1.29 is 17.9 Å². The van der Waals surface area contributed by atoms with Crippen LogP contribution in [0.5, 0.6) is 11.5 Å². The van der Waals surface area contributed by atoms with E-state index in [4.69, 9.17) is 9.47 Å². The van der Waals surface area contributed by atoms with Crippen LogP contribution in [0.25, 0.3) is 27.8 Å². The lowest BCUT2D eigenvalue weighted by atomic mass is 10.1. The summed E-state index contributed by atoms with van der Waals surface area (Å²) in [5, 5.41) is 8.76. The van der Waals surface area contributed by atoms with Crippen LogP contribution in [0.2, 0.25) is 0 Å². The van der Waals surface area contributed by atoms with Gasteiger partial charge in [0.05, 0.1) is 26.6 Å². The smallest absolute Gasteiger partial charge is 0.244 e. The molecule has 0 bridgehead atoms. The van der Waals surface area contributed by atoms with Gasteiger partial charge < -0.3 is 9.47 Å². The topological polar surface area (TPSA) is 99.8 Å². The van der Waals surface area contributed by atoms with Crippen LogP contribution < -0.4 is 14.2 Å². The van der Waals surface area contributed by atoms with Crippen LogP contribution >= 0.6 is 0 Å². The van der Waals surface area contributed by atoms with Crippen LogP contribution in [0.3, 0.4) is 0 Å². The molecule has 9 nitrogen and oxygen atoms in total. The van der Waals surface area contributed by atoms with Crippen LogP contribution in [-0.4, -0.2) is 42.0 Å². The number of pyridine rings is 1. The predicted molar refractivity (Wildman–Crippen MR) is 136 cm³/mol. The summed E-state index contributed by atoms with van der Waals surface area (Å²) in [7, 11) is 1.03. The largest absolute Gasteiger partial charge is 0.495 e. The summed E-state index contributed by atoms with van der Waals surface area (Å²) in [6.07, 6.45) is 7.27. The molecule has 2 aromatic carbocycles. The van der Waals surface area contributed by atoms with E-state index in [1.807, 2.05) is 55.8 Å². The highest BCUT2D eigenvalue weighted by molar-refractivity contribution is 7.89. The second-order valence-corrected chi connectivity index (χ2v) is 9.96. The van der Waals surface area contributed by atoms with Gasteiger partial charge in [-0.2, -0.15) is 10.2 Å². The first-order valence-corrected chi connectivity index (χ1v) is 12.6. The fraction of sp³-hybridized carbons (Fsp3) is 0.154. The van der Waals surface area contributed by atoms with Crippen molar-refractivity contribution in [1.82, 2.24) is 24.1 Å². The molecule has 0 amide bonds. The molecule has 0 saturated carbocycles. The van der Waals surface area contributed by atoms with Crippen LogP contribution in [-0.2, 0) is 23.6 Å². The van der Waals surface area contributed by atoms with Crippen LogP contribution in [0.4, 0.5) is 0 Å². The molecule has 0 unspecified atom stereocenters. The average Bonchev–Trinajstić information content (AvgIpc) is 3.53. The highest BCUT2D eigenvalue weighted by Gasteiger charge is 2.22. The Hall–Kier alpha value is -4.15. The molecular weight excluding hydrogens is 478 g/mol. The van der Waals surface area contributed by atoms with E-state index in [0.717, 1.165) is 27.8 Å². The van der Waals surface area contributed by atoms with Gasteiger partial charge in [0.2, 0.25) is 10.0 Å². The number of benzene rings is 2. The Morgan fingerprint density at radius 2 is 1.64 bits per heavy atom. The predicted octanol–water partition coefficient (Wildman–Crippen LogP) is 3.90. The standard InChI is InChI=1S/C26H25N5O4S/c1-30-16-21(14-27-30)20-11-24(35-3)26-22(15-28-31(26)17-20)19-9-10-23(34-2)25(12-19)36(32,33)29-13-18-7-5-4-6-8-18/h4-12,14-17,29H,13H2,1-3H3. The van der Waals surface area contributed by atoms with E-state index in [1.165, 1.54) is 7.11 Å². The monoisotopic (exact) mass is 503 g/mol. The van der Waals surface area contributed by atoms with Gasteiger partial charge in [0.15, 0.2) is 0 Å². The third-order valence-corrected chi connectivity index (χ3v) is 7.33. The zero-order valence-electron chi connectivity index (χ0n) is 20.0. The maximum absolute atomic E-state index is 13.3. The molecule has 10 heteroatoms. The highest BCUT2D eigenvalue weighted by Crippen LogP contribution is 2.37. The van der Waals surface area contributed by atoms with Crippen molar-refractivity contribution in [3.05, 3.63) is 84.9 Å². The van der Waals surface area contributed by atoms with E-state index in [-0.39, 0.29) is 17.2 Å². The van der Waals surface area contributed by atoms with E-state index >= 15 is 0 Å². The Balaban J connectivity index is 1.56. The van der Waals surface area contributed by atoms with E-state index in [1.54, 1.807) is 46.9 Å². The van der Waals surface area contributed by atoms with Crippen molar-refractivity contribution >= 4 is 15.5 Å². The maximum atomic E-state index is 13.3. The third-order valence-electron chi connectivity index (χ3n) is 5.91. The number of aryl methyl sites for hydroxylation is 1. The number of ether oxygens (including phenoxy) is 2. The first-order chi connectivity index (χ1) is 17.4. The van der Waals surface area contributed by atoms with Gasteiger partial charge in [0, 0.05) is 42.7 Å². The summed E-state index contributed by atoms with van der Waals surface area (Å²) in [4.78, 5) is 0.0451. The van der Waals surface area contributed by atoms with Crippen LogP contribution in [0, 0.1) is 0 Å². The molecular formula is C26H25N5O4S. The van der Waals surface area contributed by atoms with E-state index < -0.39 is 10.0 Å². The number of nitrogens with zero attached hydrogens (tertiary/aromatic N) is 4. The molecule has 5 aromatic rings. The van der Waals surface area contributed by atoms with E-state index in [9.17, 15) is 8.42 Å². The molecule has 0 atom stereocenters. The molecule has 3 aromatic heterocycles. The molecule has 1 N–H and O–H groups in total. The van der Waals surface area contributed by atoms with Gasteiger partial charge in [0.25, 0.3) is 0 Å². The van der Waals surface area contributed by atoms with E-state index in [0.29, 0.717) is 11.3 Å². The molecule has 0 radical (unpaired) electrons. The summed E-state index contributed by atoms with van der Waals surface area (Å²) in [5.41, 5.74) is 4.79. The minimum absolute atomic E-state index is 0.0451. The van der Waals surface area contributed by atoms with Gasteiger partial charge in [-0.3, -0.25) is 4.68 Å². The summed E-state index contributed by atoms with van der Waals surface area (Å²) in [5.74, 6) is 0.855. The molecule has 0 aliphatic carbocycles. The Labute approximate surface area is 209 Å². The first kappa shape index (κ1) is 23.6.